The first-order valence-corrected chi connectivity index (χ1v) is 8.23. The molecular weight excluding hydrogens is 344 g/mol. The van der Waals surface area contributed by atoms with Crippen LogP contribution in [0.15, 0.2) is 35.5 Å². The van der Waals surface area contributed by atoms with Gasteiger partial charge in [0.15, 0.2) is 0 Å². The number of nitrogens with zero attached hydrogens (tertiary/aromatic N) is 4. The van der Waals surface area contributed by atoms with Gasteiger partial charge in [0.1, 0.15) is 10.3 Å². The highest BCUT2D eigenvalue weighted by molar-refractivity contribution is 9.10. The number of rotatable bonds is 6. The Balaban J connectivity index is 2.28. The molecule has 6 heteroatoms. The number of hydrogen-bond donors (Lipinski definition) is 0. The van der Waals surface area contributed by atoms with Crippen LogP contribution in [-0.2, 0) is 13.6 Å². The second-order valence-corrected chi connectivity index (χ2v) is 6.13. The Morgan fingerprint density at radius 2 is 2.09 bits per heavy atom. The van der Waals surface area contributed by atoms with E-state index in [0.29, 0.717) is 12.2 Å². The van der Waals surface area contributed by atoms with E-state index in [0.717, 1.165) is 23.0 Å². The maximum absolute atomic E-state index is 12.8. The van der Waals surface area contributed by atoms with Crippen LogP contribution in [0.3, 0.4) is 0 Å². The summed E-state index contributed by atoms with van der Waals surface area (Å²) in [6.07, 6.45) is 7.00. The molecule has 0 aliphatic heterocycles. The van der Waals surface area contributed by atoms with Crippen molar-refractivity contribution in [2.45, 2.75) is 39.3 Å². The number of carbonyl (C=O) groups excluding carboxylic acids is 1. The molecule has 22 heavy (non-hydrogen) atoms. The summed E-state index contributed by atoms with van der Waals surface area (Å²) in [6, 6.07) is 4.08. The highest BCUT2D eigenvalue weighted by atomic mass is 79.9. The molecule has 0 radical (unpaired) electrons. The van der Waals surface area contributed by atoms with E-state index in [4.69, 9.17) is 0 Å². The molecule has 118 valence electrons. The highest BCUT2D eigenvalue weighted by Gasteiger charge is 2.24. The van der Waals surface area contributed by atoms with Crippen molar-refractivity contribution >= 4 is 21.8 Å². The van der Waals surface area contributed by atoms with Gasteiger partial charge in [-0.1, -0.05) is 13.8 Å². The first kappa shape index (κ1) is 16.7. The number of carbonyl (C=O) groups is 1. The summed E-state index contributed by atoms with van der Waals surface area (Å²) in [5, 5.41) is 0. The lowest BCUT2D eigenvalue weighted by atomic mass is 10.1. The summed E-state index contributed by atoms with van der Waals surface area (Å²) < 4.78 is 2.57. The second-order valence-electron chi connectivity index (χ2n) is 5.31. The molecule has 0 aliphatic rings. The summed E-state index contributed by atoms with van der Waals surface area (Å²) in [4.78, 5) is 23.1. The number of aromatic nitrogens is 3. The Morgan fingerprint density at radius 3 is 2.64 bits per heavy atom. The molecule has 0 saturated carbocycles. The largest absolute Gasteiger partial charge is 0.340 e. The number of halogens is 1. The van der Waals surface area contributed by atoms with E-state index in [1.54, 1.807) is 23.3 Å². The van der Waals surface area contributed by atoms with Gasteiger partial charge in [-0.2, -0.15) is 0 Å². The minimum atomic E-state index is -0.0257. The van der Waals surface area contributed by atoms with Crippen molar-refractivity contribution in [3.05, 3.63) is 46.7 Å². The van der Waals surface area contributed by atoms with E-state index in [1.165, 1.54) is 0 Å². The maximum Gasteiger partial charge on any atom is 0.274 e. The molecular formula is C16H21BrN4O. The average molecular weight is 365 g/mol. The van der Waals surface area contributed by atoms with Gasteiger partial charge in [0.2, 0.25) is 0 Å². The Bertz CT molecular complexity index is 637. The van der Waals surface area contributed by atoms with E-state index >= 15 is 0 Å². The molecule has 2 aromatic heterocycles. The number of amides is 1. The van der Waals surface area contributed by atoms with Crippen LogP contribution in [0.4, 0.5) is 0 Å². The SMILES string of the molecule is CCC(CC)N(Cc1ccnc(Br)c1)C(=O)c1cn(C)cn1. The summed E-state index contributed by atoms with van der Waals surface area (Å²) in [5.41, 5.74) is 1.54. The first-order chi connectivity index (χ1) is 10.5. The van der Waals surface area contributed by atoms with Crippen LogP contribution in [0, 0.1) is 0 Å². The van der Waals surface area contributed by atoms with Gasteiger partial charge < -0.3 is 9.47 Å². The Labute approximate surface area is 139 Å². The van der Waals surface area contributed by atoms with Crippen LogP contribution in [0.2, 0.25) is 0 Å². The zero-order chi connectivity index (χ0) is 16.1. The average Bonchev–Trinajstić information content (AvgIpc) is 2.93. The molecule has 5 nitrogen and oxygen atoms in total. The molecule has 2 rings (SSSR count). The van der Waals surface area contributed by atoms with Crippen molar-refractivity contribution < 1.29 is 4.79 Å². The highest BCUT2D eigenvalue weighted by Crippen LogP contribution is 2.18. The van der Waals surface area contributed by atoms with Gasteiger partial charge in [0.25, 0.3) is 5.91 Å². The smallest absolute Gasteiger partial charge is 0.274 e. The van der Waals surface area contributed by atoms with E-state index < -0.39 is 0 Å². The molecule has 0 aromatic carbocycles. The minimum Gasteiger partial charge on any atom is -0.340 e. The molecule has 2 heterocycles. The Kier molecular flexibility index (Phi) is 5.71. The van der Waals surface area contributed by atoms with Crippen molar-refractivity contribution in [1.29, 1.82) is 0 Å². The van der Waals surface area contributed by atoms with Crippen LogP contribution in [0.1, 0.15) is 42.7 Å². The molecule has 0 aliphatic carbocycles. The molecule has 0 bridgehead atoms. The molecule has 0 fully saturated rings. The molecule has 2 aromatic rings. The number of hydrogen-bond acceptors (Lipinski definition) is 3. The van der Waals surface area contributed by atoms with Gasteiger partial charge in [-0.25, -0.2) is 9.97 Å². The predicted octanol–water partition coefficient (Wildman–Crippen LogP) is 3.41. The lowest BCUT2D eigenvalue weighted by Gasteiger charge is -2.30. The third-order valence-electron chi connectivity index (χ3n) is 3.71. The zero-order valence-electron chi connectivity index (χ0n) is 13.2. The first-order valence-electron chi connectivity index (χ1n) is 7.44. The van der Waals surface area contributed by atoms with E-state index in [-0.39, 0.29) is 11.9 Å². The monoisotopic (exact) mass is 364 g/mol. The van der Waals surface area contributed by atoms with Crippen LogP contribution in [0.25, 0.3) is 0 Å². The second kappa shape index (κ2) is 7.54. The third-order valence-corrected chi connectivity index (χ3v) is 4.15. The van der Waals surface area contributed by atoms with Crippen molar-refractivity contribution in [3.8, 4) is 0 Å². The standard InChI is InChI=1S/C16H21BrN4O/c1-4-13(5-2)21(9-12-6-7-18-15(17)8-12)16(22)14-10-20(3)11-19-14/h6-8,10-11,13H,4-5,9H2,1-3H3. The summed E-state index contributed by atoms with van der Waals surface area (Å²) >= 11 is 3.38. The van der Waals surface area contributed by atoms with Gasteiger partial charge in [-0.15, -0.1) is 0 Å². The van der Waals surface area contributed by atoms with E-state index in [2.05, 4.69) is 39.7 Å². The van der Waals surface area contributed by atoms with Crippen molar-refractivity contribution in [2.24, 2.45) is 7.05 Å². The lowest BCUT2D eigenvalue weighted by Crippen LogP contribution is -2.39. The van der Waals surface area contributed by atoms with Gasteiger partial charge >= 0.3 is 0 Å². The molecule has 0 N–H and O–H groups in total. The number of imidazole rings is 1. The Hall–Kier alpha value is -1.69. The molecule has 0 spiro atoms. The molecule has 0 unspecified atom stereocenters. The topological polar surface area (TPSA) is 51.0 Å². The van der Waals surface area contributed by atoms with Gasteiger partial charge in [-0.3, -0.25) is 4.79 Å². The van der Waals surface area contributed by atoms with Crippen molar-refractivity contribution in [3.63, 3.8) is 0 Å². The molecule has 0 atom stereocenters. The summed E-state index contributed by atoms with van der Waals surface area (Å²) in [7, 11) is 1.87. The quantitative estimate of drug-likeness (QED) is 0.738. The van der Waals surface area contributed by atoms with Crippen LogP contribution in [0.5, 0.6) is 0 Å². The fourth-order valence-electron chi connectivity index (χ4n) is 2.50. The summed E-state index contributed by atoms with van der Waals surface area (Å²) in [6.45, 7) is 4.77. The van der Waals surface area contributed by atoms with Crippen LogP contribution >= 0.6 is 15.9 Å². The summed E-state index contributed by atoms with van der Waals surface area (Å²) in [5.74, 6) is -0.0257. The molecule has 0 saturated heterocycles. The number of pyridine rings is 1. The number of aryl methyl sites for hydroxylation is 1. The normalized spacial score (nSPS) is 11.0. The lowest BCUT2D eigenvalue weighted by molar-refractivity contribution is 0.0644. The van der Waals surface area contributed by atoms with E-state index in [1.807, 2.05) is 24.1 Å². The maximum atomic E-state index is 12.8. The van der Waals surface area contributed by atoms with E-state index in [9.17, 15) is 4.79 Å². The third kappa shape index (κ3) is 3.94. The fraction of sp³-hybridized carbons (Fsp3) is 0.438. The minimum absolute atomic E-state index is 0.0257. The van der Waals surface area contributed by atoms with Crippen molar-refractivity contribution in [2.75, 3.05) is 0 Å². The fourth-order valence-corrected chi connectivity index (χ4v) is 2.92. The predicted molar refractivity (Wildman–Crippen MR) is 89.4 cm³/mol. The molecule has 1 amide bonds. The zero-order valence-corrected chi connectivity index (χ0v) is 14.7. The van der Waals surface area contributed by atoms with Gasteiger partial charge in [-0.05, 0) is 46.5 Å². The van der Waals surface area contributed by atoms with Gasteiger partial charge in [0.05, 0.1) is 6.33 Å². The Morgan fingerprint density at radius 1 is 1.36 bits per heavy atom. The van der Waals surface area contributed by atoms with Gasteiger partial charge in [0, 0.05) is 32.0 Å². The van der Waals surface area contributed by atoms with Crippen LogP contribution < -0.4 is 0 Å². The van der Waals surface area contributed by atoms with Crippen LogP contribution in [-0.4, -0.2) is 31.4 Å². The van der Waals surface area contributed by atoms with Crippen molar-refractivity contribution in [1.82, 2.24) is 19.4 Å².